The zero-order chi connectivity index (χ0) is 13.1. The Kier molecular flexibility index (Phi) is 4.38. The lowest BCUT2D eigenvalue weighted by molar-refractivity contribution is 0.0700. The number of thiazole rings is 1. The Bertz CT molecular complexity index is 419. The highest BCUT2D eigenvalue weighted by Gasteiger charge is 2.24. The first kappa shape index (κ1) is 13.5. The van der Waals surface area contributed by atoms with Gasteiger partial charge in [0.25, 0.3) is 0 Å². The van der Waals surface area contributed by atoms with E-state index in [4.69, 9.17) is 0 Å². The summed E-state index contributed by atoms with van der Waals surface area (Å²) < 4.78 is 0. The molecule has 0 amide bonds. The molecule has 1 N–H and O–H groups in total. The molecule has 0 atom stereocenters. The average Bonchev–Trinajstić information content (AvgIpc) is 2.73. The van der Waals surface area contributed by atoms with Gasteiger partial charge in [0.05, 0.1) is 10.7 Å². The second kappa shape index (κ2) is 5.83. The molecule has 0 bridgehead atoms. The standard InChI is InChI=1S/C14H21NO2S/c1-9(2)8-11-12(14(16)17)18-13(15-11)10-6-4-3-5-7-10/h9-10H,3-8H2,1-2H3,(H,16,17). The maximum atomic E-state index is 11.3. The van der Waals surface area contributed by atoms with Crippen molar-refractivity contribution in [1.29, 1.82) is 0 Å². The first-order valence-electron chi connectivity index (χ1n) is 6.80. The Hall–Kier alpha value is -0.900. The number of rotatable bonds is 4. The van der Waals surface area contributed by atoms with Crippen molar-refractivity contribution in [3.05, 3.63) is 15.6 Å². The third kappa shape index (κ3) is 3.10. The Morgan fingerprint density at radius 2 is 2.06 bits per heavy atom. The van der Waals surface area contributed by atoms with Gasteiger partial charge in [-0.2, -0.15) is 0 Å². The van der Waals surface area contributed by atoms with Crippen LogP contribution in [0.2, 0.25) is 0 Å². The molecule has 1 saturated carbocycles. The van der Waals surface area contributed by atoms with Gasteiger partial charge in [-0.25, -0.2) is 9.78 Å². The van der Waals surface area contributed by atoms with Gasteiger partial charge >= 0.3 is 5.97 Å². The van der Waals surface area contributed by atoms with Crippen LogP contribution in [0.25, 0.3) is 0 Å². The minimum absolute atomic E-state index is 0.449. The largest absolute Gasteiger partial charge is 0.477 e. The van der Waals surface area contributed by atoms with E-state index in [1.807, 2.05) is 0 Å². The highest BCUT2D eigenvalue weighted by molar-refractivity contribution is 7.13. The molecule has 2 rings (SSSR count). The average molecular weight is 267 g/mol. The number of nitrogens with zero attached hydrogens (tertiary/aromatic N) is 1. The SMILES string of the molecule is CC(C)Cc1nc(C2CCCCC2)sc1C(=O)O. The molecule has 0 radical (unpaired) electrons. The minimum atomic E-state index is -0.815. The number of carbonyl (C=O) groups is 1. The van der Waals surface area contributed by atoms with Gasteiger partial charge in [-0.15, -0.1) is 11.3 Å². The molecule has 1 heterocycles. The van der Waals surface area contributed by atoms with E-state index in [9.17, 15) is 9.90 Å². The minimum Gasteiger partial charge on any atom is -0.477 e. The van der Waals surface area contributed by atoms with Crippen LogP contribution in [0.5, 0.6) is 0 Å². The molecular weight excluding hydrogens is 246 g/mol. The summed E-state index contributed by atoms with van der Waals surface area (Å²) in [6, 6.07) is 0. The van der Waals surface area contributed by atoms with E-state index in [0.29, 0.717) is 16.7 Å². The van der Waals surface area contributed by atoms with Crippen LogP contribution in [0, 0.1) is 5.92 Å². The maximum absolute atomic E-state index is 11.3. The van der Waals surface area contributed by atoms with Gasteiger partial charge in [-0.3, -0.25) is 0 Å². The van der Waals surface area contributed by atoms with Crippen molar-refractivity contribution in [3.8, 4) is 0 Å². The third-order valence-corrected chi connectivity index (χ3v) is 4.71. The lowest BCUT2D eigenvalue weighted by Crippen LogP contribution is -2.05. The van der Waals surface area contributed by atoms with Crippen molar-refractivity contribution < 1.29 is 9.90 Å². The predicted octanol–water partition coefficient (Wildman–Crippen LogP) is 4.09. The number of hydrogen-bond acceptors (Lipinski definition) is 3. The van der Waals surface area contributed by atoms with Crippen molar-refractivity contribution in [2.75, 3.05) is 0 Å². The predicted molar refractivity (Wildman–Crippen MR) is 73.4 cm³/mol. The number of aromatic nitrogens is 1. The molecule has 1 aliphatic rings. The van der Waals surface area contributed by atoms with Crippen LogP contribution in [0.3, 0.4) is 0 Å². The Balaban J connectivity index is 2.23. The summed E-state index contributed by atoms with van der Waals surface area (Å²) in [5, 5.41) is 10.3. The first-order valence-corrected chi connectivity index (χ1v) is 7.62. The van der Waals surface area contributed by atoms with Gasteiger partial charge < -0.3 is 5.11 Å². The Labute approximate surface area is 112 Å². The second-order valence-electron chi connectivity index (χ2n) is 5.57. The zero-order valence-corrected chi connectivity index (χ0v) is 11.9. The van der Waals surface area contributed by atoms with Gasteiger partial charge in [0.2, 0.25) is 0 Å². The molecular formula is C14H21NO2S. The smallest absolute Gasteiger partial charge is 0.347 e. The Morgan fingerprint density at radius 3 is 2.61 bits per heavy atom. The fraction of sp³-hybridized carbons (Fsp3) is 0.714. The summed E-state index contributed by atoms with van der Waals surface area (Å²) in [5.74, 6) is 0.136. The van der Waals surface area contributed by atoms with Crippen LogP contribution in [0.4, 0.5) is 0 Å². The van der Waals surface area contributed by atoms with E-state index in [2.05, 4.69) is 18.8 Å². The quantitative estimate of drug-likeness (QED) is 0.894. The van der Waals surface area contributed by atoms with Crippen molar-refractivity contribution in [3.63, 3.8) is 0 Å². The van der Waals surface area contributed by atoms with E-state index in [0.717, 1.165) is 17.1 Å². The third-order valence-electron chi connectivity index (χ3n) is 3.46. The summed E-state index contributed by atoms with van der Waals surface area (Å²) in [6.07, 6.45) is 6.94. The fourth-order valence-corrected chi connectivity index (χ4v) is 3.69. The van der Waals surface area contributed by atoms with Crippen LogP contribution in [0.1, 0.15) is 72.2 Å². The van der Waals surface area contributed by atoms with Crippen LogP contribution in [0.15, 0.2) is 0 Å². The van der Waals surface area contributed by atoms with E-state index in [1.165, 1.54) is 43.4 Å². The van der Waals surface area contributed by atoms with Crippen LogP contribution in [-0.4, -0.2) is 16.1 Å². The molecule has 0 aromatic carbocycles. The molecule has 3 nitrogen and oxygen atoms in total. The van der Waals surface area contributed by atoms with Crippen molar-refractivity contribution in [2.24, 2.45) is 5.92 Å². The van der Waals surface area contributed by atoms with Crippen LogP contribution >= 0.6 is 11.3 Å². The summed E-state index contributed by atoms with van der Waals surface area (Å²) in [5.41, 5.74) is 0.795. The monoisotopic (exact) mass is 267 g/mol. The maximum Gasteiger partial charge on any atom is 0.347 e. The summed E-state index contributed by atoms with van der Waals surface area (Å²) in [4.78, 5) is 16.4. The lowest BCUT2D eigenvalue weighted by Gasteiger charge is -2.18. The molecule has 1 aromatic rings. The molecule has 1 aliphatic carbocycles. The number of carboxylic acid groups (broad SMARTS) is 1. The topological polar surface area (TPSA) is 50.2 Å². The number of carboxylic acids is 1. The van der Waals surface area contributed by atoms with E-state index in [1.54, 1.807) is 0 Å². The summed E-state index contributed by atoms with van der Waals surface area (Å²) in [7, 11) is 0. The lowest BCUT2D eigenvalue weighted by atomic mass is 9.90. The van der Waals surface area contributed by atoms with Gasteiger partial charge in [-0.1, -0.05) is 33.1 Å². The second-order valence-corrected chi connectivity index (χ2v) is 6.60. The van der Waals surface area contributed by atoms with Gasteiger partial charge in [0.1, 0.15) is 4.88 Å². The van der Waals surface area contributed by atoms with E-state index >= 15 is 0 Å². The van der Waals surface area contributed by atoms with Gasteiger partial charge in [0.15, 0.2) is 0 Å². The molecule has 100 valence electrons. The highest BCUT2D eigenvalue weighted by Crippen LogP contribution is 2.36. The summed E-state index contributed by atoms with van der Waals surface area (Å²) >= 11 is 1.41. The fourth-order valence-electron chi connectivity index (χ4n) is 2.59. The zero-order valence-electron chi connectivity index (χ0n) is 11.1. The Morgan fingerprint density at radius 1 is 1.39 bits per heavy atom. The highest BCUT2D eigenvalue weighted by atomic mass is 32.1. The molecule has 0 aliphatic heterocycles. The van der Waals surface area contributed by atoms with Gasteiger partial charge in [-0.05, 0) is 25.2 Å². The van der Waals surface area contributed by atoms with Crippen LogP contribution in [-0.2, 0) is 6.42 Å². The molecule has 0 unspecified atom stereocenters. The summed E-state index contributed by atoms with van der Waals surface area (Å²) in [6.45, 7) is 4.20. The first-order chi connectivity index (χ1) is 8.58. The van der Waals surface area contributed by atoms with Crippen LogP contribution < -0.4 is 0 Å². The van der Waals surface area contributed by atoms with Crippen molar-refractivity contribution >= 4 is 17.3 Å². The van der Waals surface area contributed by atoms with E-state index < -0.39 is 5.97 Å². The molecule has 1 aromatic heterocycles. The van der Waals surface area contributed by atoms with Crippen molar-refractivity contribution in [1.82, 2.24) is 4.98 Å². The molecule has 0 spiro atoms. The normalized spacial score (nSPS) is 17.3. The molecule has 0 saturated heterocycles. The van der Waals surface area contributed by atoms with Gasteiger partial charge in [0, 0.05) is 5.92 Å². The van der Waals surface area contributed by atoms with Crippen molar-refractivity contribution in [2.45, 2.75) is 58.3 Å². The molecule has 4 heteroatoms. The van der Waals surface area contributed by atoms with E-state index in [-0.39, 0.29) is 0 Å². The number of aromatic carboxylic acids is 1. The molecule has 1 fully saturated rings. The number of hydrogen-bond donors (Lipinski definition) is 1. The molecule has 18 heavy (non-hydrogen) atoms.